The van der Waals surface area contributed by atoms with Crippen LogP contribution in [0.15, 0.2) is 18.2 Å². The maximum absolute atomic E-state index is 6.17. The van der Waals surface area contributed by atoms with Crippen LogP contribution in [0, 0.1) is 0 Å². The smallest absolute Gasteiger partial charge is 0.225 e. The Hall–Kier alpha value is -2.05. The van der Waals surface area contributed by atoms with Crippen LogP contribution in [-0.2, 0) is 12.8 Å². The van der Waals surface area contributed by atoms with Crippen molar-refractivity contribution in [3.05, 3.63) is 33.9 Å². The van der Waals surface area contributed by atoms with Crippen LogP contribution in [0.2, 0.25) is 5.28 Å². The number of aryl methyl sites for hydroxylation is 2. The van der Waals surface area contributed by atoms with Crippen molar-refractivity contribution in [3.63, 3.8) is 0 Å². The van der Waals surface area contributed by atoms with E-state index in [1.165, 1.54) is 23.3 Å². The molecule has 0 unspecified atom stereocenters. The molecule has 0 amide bonds. The van der Waals surface area contributed by atoms with Gasteiger partial charge in [0.25, 0.3) is 0 Å². The Bertz CT molecular complexity index is 942. The fraction of sp³-hybridized carbons (Fsp3) is 0.333. The number of ether oxygens (including phenoxy) is 2. The molecule has 25 heavy (non-hydrogen) atoms. The number of hydrogen-bond donors (Lipinski definition) is 1. The average molecular weight is 376 g/mol. The van der Waals surface area contributed by atoms with Gasteiger partial charge >= 0.3 is 0 Å². The molecular formula is C18H18ClN3O2S. The van der Waals surface area contributed by atoms with Crippen LogP contribution < -0.4 is 14.8 Å². The summed E-state index contributed by atoms with van der Waals surface area (Å²) in [5.74, 6) is 2.16. The number of nitrogens with zero attached hydrogens (tertiary/aromatic N) is 2. The first-order valence-electron chi connectivity index (χ1n) is 8.16. The fourth-order valence-corrected chi connectivity index (χ4v) is 4.73. The quantitative estimate of drug-likeness (QED) is 0.651. The Kier molecular flexibility index (Phi) is 4.39. The Labute approximate surface area is 155 Å². The molecule has 7 heteroatoms. The third-order valence-electron chi connectivity index (χ3n) is 4.45. The highest BCUT2D eigenvalue weighted by atomic mass is 35.5. The molecule has 3 aromatic rings. The van der Waals surface area contributed by atoms with Crippen LogP contribution in [0.5, 0.6) is 11.5 Å². The number of fused-ring (bicyclic) bond motifs is 3. The van der Waals surface area contributed by atoms with Gasteiger partial charge < -0.3 is 14.8 Å². The van der Waals surface area contributed by atoms with Crippen molar-refractivity contribution in [1.82, 2.24) is 9.97 Å². The van der Waals surface area contributed by atoms with E-state index in [9.17, 15) is 0 Å². The van der Waals surface area contributed by atoms with Crippen LogP contribution in [0.3, 0.4) is 0 Å². The van der Waals surface area contributed by atoms with Gasteiger partial charge in [-0.05, 0) is 55.0 Å². The molecule has 130 valence electrons. The Morgan fingerprint density at radius 2 is 1.96 bits per heavy atom. The average Bonchev–Trinajstić information content (AvgIpc) is 3.00. The molecule has 0 spiro atoms. The third-order valence-corrected chi connectivity index (χ3v) is 5.80. The van der Waals surface area contributed by atoms with Gasteiger partial charge in [-0.3, -0.25) is 0 Å². The first kappa shape index (κ1) is 16.4. The van der Waals surface area contributed by atoms with E-state index in [1.807, 2.05) is 18.2 Å². The number of halogens is 1. The standard InChI is InChI=1S/C18H18ClN3O2S/c1-23-10-7-8-12(13(9-10)24-2)20-16-15-11-5-3-4-6-14(11)25-17(15)22-18(19)21-16/h7-9H,3-6H2,1-2H3,(H,20,21,22). The molecule has 2 aromatic heterocycles. The highest BCUT2D eigenvalue weighted by Gasteiger charge is 2.21. The van der Waals surface area contributed by atoms with E-state index in [0.29, 0.717) is 5.75 Å². The van der Waals surface area contributed by atoms with E-state index >= 15 is 0 Å². The molecule has 0 atom stereocenters. The number of benzene rings is 1. The molecule has 0 fully saturated rings. The first-order chi connectivity index (χ1) is 12.2. The van der Waals surface area contributed by atoms with Crippen LogP contribution in [0.4, 0.5) is 11.5 Å². The largest absolute Gasteiger partial charge is 0.497 e. The van der Waals surface area contributed by atoms with E-state index < -0.39 is 0 Å². The van der Waals surface area contributed by atoms with Gasteiger partial charge in [-0.15, -0.1) is 11.3 Å². The topological polar surface area (TPSA) is 56.3 Å². The Balaban J connectivity index is 1.83. The van der Waals surface area contributed by atoms with Crippen molar-refractivity contribution in [3.8, 4) is 11.5 Å². The van der Waals surface area contributed by atoms with Crippen LogP contribution in [-0.4, -0.2) is 24.2 Å². The van der Waals surface area contributed by atoms with Crippen LogP contribution in [0.1, 0.15) is 23.3 Å². The minimum absolute atomic E-state index is 0.251. The predicted molar refractivity (Wildman–Crippen MR) is 102 cm³/mol. The third kappa shape index (κ3) is 3.00. The Morgan fingerprint density at radius 3 is 2.76 bits per heavy atom. The lowest BCUT2D eigenvalue weighted by atomic mass is 9.97. The van der Waals surface area contributed by atoms with Gasteiger partial charge in [0, 0.05) is 10.9 Å². The highest BCUT2D eigenvalue weighted by Crippen LogP contribution is 2.41. The molecule has 4 rings (SSSR count). The van der Waals surface area contributed by atoms with E-state index in [0.717, 1.165) is 40.3 Å². The summed E-state index contributed by atoms with van der Waals surface area (Å²) >= 11 is 7.90. The summed E-state index contributed by atoms with van der Waals surface area (Å²) in [4.78, 5) is 11.2. The molecule has 1 aliphatic rings. The fourth-order valence-electron chi connectivity index (χ4n) is 3.25. The summed E-state index contributed by atoms with van der Waals surface area (Å²) in [5, 5.41) is 4.72. The highest BCUT2D eigenvalue weighted by molar-refractivity contribution is 7.19. The van der Waals surface area contributed by atoms with Gasteiger partial charge in [-0.2, -0.15) is 4.98 Å². The lowest BCUT2D eigenvalue weighted by Gasteiger charge is -2.15. The second kappa shape index (κ2) is 6.69. The molecule has 0 bridgehead atoms. The molecule has 0 saturated carbocycles. The lowest BCUT2D eigenvalue weighted by Crippen LogP contribution is -2.02. The zero-order chi connectivity index (χ0) is 17.4. The number of thiophene rings is 1. The first-order valence-corrected chi connectivity index (χ1v) is 9.36. The monoisotopic (exact) mass is 375 g/mol. The molecule has 1 aliphatic carbocycles. The molecular weight excluding hydrogens is 358 g/mol. The number of aromatic nitrogens is 2. The van der Waals surface area contributed by atoms with E-state index in [1.54, 1.807) is 25.6 Å². The lowest BCUT2D eigenvalue weighted by molar-refractivity contribution is 0.395. The predicted octanol–water partition coefficient (Wildman–Crippen LogP) is 4.98. The molecule has 1 N–H and O–H groups in total. The van der Waals surface area contributed by atoms with Crippen molar-refractivity contribution in [2.75, 3.05) is 19.5 Å². The molecule has 5 nitrogen and oxygen atoms in total. The van der Waals surface area contributed by atoms with Crippen LogP contribution >= 0.6 is 22.9 Å². The summed E-state index contributed by atoms with van der Waals surface area (Å²) in [5.41, 5.74) is 2.17. The van der Waals surface area contributed by atoms with Gasteiger partial charge in [0.2, 0.25) is 5.28 Å². The number of rotatable bonds is 4. The zero-order valence-corrected chi connectivity index (χ0v) is 15.6. The van der Waals surface area contributed by atoms with Gasteiger partial charge in [0.1, 0.15) is 22.1 Å². The summed E-state index contributed by atoms with van der Waals surface area (Å²) in [6.45, 7) is 0. The van der Waals surface area contributed by atoms with Gasteiger partial charge in [0.15, 0.2) is 0 Å². The van der Waals surface area contributed by atoms with E-state index in [4.69, 9.17) is 21.1 Å². The molecule has 0 saturated heterocycles. The summed E-state index contributed by atoms with van der Waals surface area (Å²) in [7, 11) is 3.27. The van der Waals surface area contributed by atoms with Crippen molar-refractivity contribution in [2.24, 2.45) is 0 Å². The summed E-state index contributed by atoms with van der Waals surface area (Å²) in [6.07, 6.45) is 4.61. The van der Waals surface area contributed by atoms with Crippen molar-refractivity contribution in [1.29, 1.82) is 0 Å². The molecule has 0 aliphatic heterocycles. The van der Waals surface area contributed by atoms with Crippen LogP contribution in [0.25, 0.3) is 10.2 Å². The van der Waals surface area contributed by atoms with Crippen molar-refractivity contribution >= 4 is 44.7 Å². The van der Waals surface area contributed by atoms with E-state index in [2.05, 4.69) is 15.3 Å². The van der Waals surface area contributed by atoms with Crippen molar-refractivity contribution in [2.45, 2.75) is 25.7 Å². The van der Waals surface area contributed by atoms with Crippen molar-refractivity contribution < 1.29 is 9.47 Å². The normalized spacial score (nSPS) is 13.6. The van der Waals surface area contributed by atoms with Gasteiger partial charge in [-0.25, -0.2) is 4.98 Å². The maximum atomic E-state index is 6.17. The summed E-state index contributed by atoms with van der Waals surface area (Å²) < 4.78 is 10.7. The molecule has 1 aromatic carbocycles. The second-order valence-electron chi connectivity index (χ2n) is 5.92. The minimum Gasteiger partial charge on any atom is -0.497 e. The molecule has 0 radical (unpaired) electrons. The molecule has 2 heterocycles. The van der Waals surface area contributed by atoms with E-state index in [-0.39, 0.29) is 5.28 Å². The van der Waals surface area contributed by atoms with Gasteiger partial charge in [0.05, 0.1) is 25.3 Å². The Morgan fingerprint density at radius 1 is 1.12 bits per heavy atom. The maximum Gasteiger partial charge on any atom is 0.225 e. The zero-order valence-electron chi connectivity index (χ0n) is 14.1. The number of nitrogens with one attached hydrogen (secondary N) is 1. The number of methoxy groups -OCH3 is 2. The van der Waals surface area contributed by atoms with Gasteiger partial charge in [-0.1, -0.05) is 0 Å². The SMILES string of the molecule is COc1ccc(Nc2nc(Cl)nc3sc4c(c23)CCCC4)c(OC)c1. The number of hydrogen-bond acceptors (Lipinski definition) is 6. The summed E-state index contributed by atoms with van der Waals surface area (Å²) in [6, 6.07) is 5.64. The number of anilines is 2. The second-order valence-corrected chi connectivity index (χ2v) is 7.35. The minimum atomic E-state index is 0.251.